The van der Waals surface area contributed by atoms with Crippen molar-refractivity contribution < 1.29 is 17.9 Å². The Balaban J connectivity index is 1.43. The number of hydrogen-bond acceptors (Lipinski definition) is 5. The van der Waals surface area contributed by atoms with Crippen LogP contribution in [0.15, 0.2) is 101 Å². The molecule has 0 bridgehead atoms. The molecule has 0 spiro atoms. The molecule has 4 rings (SSSR count). The minimum absolute atomic E-state index is 0.105. The Labute approximate surface area is 240 Å². The zero-order chi connectivity index (χ0) is 28.7. The zero-order valence-electron chi connectivity index (χ0n) is 22.5. The average Bonchev–Trinajstić information content (AvgIpc) is 2.93. The number of hydrazone groups is 1. The van der Waals surface area contributed by atoms with E-state index in [-0.39, 0.29) is 4.90 Å². The molecule has 1 amide bonds. The number of benzene rings is 4. The van der Waals surface area contributed by atoms with Crippen molar-refractivity contribution in [3.05, 3.63) is 124 Å². The van der Waals surface area contributed by atoms with Crippen molar-refractivity contribution >= 4 is 39.4 Å². The quantitative estimate of drug-likeness (QED) is 0.180. The average molecular weight is 576 g/mol. The smallest absolute Gasteiger partial charge is 0.264 e. The lowest BCUT2D eigenvalue weighted by atomic mass is 10.1. The van der Waals surface area contributed by atoms with Crippen molar-refractivity contribution in [3.63, 3.8) is 0 Å². The fourth-order valence-electron chi connectivity index (χ4n) is 3.93. The van der Waals surface area contributed by atoms with Crippen LogP contribution in [-0.2, 0) is 21.4 Å². The van der Waals surface area contributed by atoms with Gasteiger partial charge in [-0.2, -0.15) is 5.10 Å². The monoisotopic (exact) mass is 575 g/mol. The third-order valence-electron chi connectivity index (χ3n) is 6.32. The molecule has 0 unspecified atom stereocenters. The minimum atomic E-state index is -4.02. The van der Waals surface area contributed by atoms with E-state index in [1.807, 2.05) is 51.1 Å². The summed E-state index contributed by atoms with van der Waals surface area (Å²) >= 11 is 6.01. The van der Waals surface area contributed by atoms with E-state index in [0.717, 1.165) is 32.1 Å². The predicted octanol–water partition coefficient (Wildman–Crippen LogP) is 6.19. The van der Waals surface area contributed by atoms with E-state index in [9.17, 15) is 13.2 Å². The first kappa shape index (κ1) is 28.9. The number of nitrogens with zero attached hydrogens (tertiary/aromatic N) is 2. The number of ether oxygens (including phenoxy) is 1. The third-order valence-corrected chi connectivity index (χ3v) is 8.33. The molecule has 4 aromatic rings. The highest BCUT2D eigenvalue weighted by atomic mass is 35.5. The number of anilines is 1. The van der Waals surface area contributed by atoms with Crippen molar-refractivity contribution in [1.82, 2.24) is 5.43 Å². The van der Waals surface area contributed by atoms with Gasteiger partial charge in [0.2, 0.25) is 0 Å². The van der Waals surface area contributed by atoms with Crippen LogP contribution < -0.4 is 14.5 Å². The van der Waals surface area contributed by atoms with Gasteiger partial charge in [-0.1, -0.05) is 53.6 Å². The minimum Gasteiger partial charge on any atom is -0.489 e. The number of aryl methyl sites for hydroxylation is 2. The second-order valence-corrected chi connectivity index (χ2v) is 11.6. The Kier molecular flexibility index (Phi) is 9.24. The summed E-state index contributed by atoms with van der Waals surface area (Å²) in [6.45, 7) is 5.56. The van der Waals surface area contributed by atoms with E-state index in [4.69, 9.17) is 16.3 Å². The molecule has 7 nitrogen and oxygen atoms in total. The Morgan fingerprint density at radius 3 is 2.35 bits per heavy atom. The summed E-state index contributed by atoms with van der Waals surface area (Å²) < 4.78 is 34.1. The van der Waals surface area contributed by atoms with E-state index < -0.39 is 22.5 Å². The van der Waals surface area contributed by atoms with Crippen LogP contribution in [0, 0.1) is 20.8 Å². The highest BCUT2D eigenvalue weighted by Gasteiger charge is 2.28. The first-order chi connectivity index (χ1) is 19.1. The van der Waals surface area contributed by atoms with Gasteiger partial charge in [0, 0.05) is 5.02 Å². The molecule has 0 aromatic heterocycles. The molecule has 206 valence electrons. The lowest BCUT2D eigenvalue weighted by Gasteiger charge is -2.26. The summed E-state index contributed by atoms with van der Waals surface area (Å²) in [6, 6.07) is 26.6. The second-order valence-electron chi connectivity index (χ2n) is 9.32. The van der Waals surface area contributed by atoms with Gasteiger partial charge in [-0.15, -0.1) is 0 Å². The molecule has 9 heteroatoms. The summed E-state index contributed by atoms with van der Waals surface area (Å²) in [5, 5.41) is 4.68. The van der Waals surface area contributed by atoms with Gasteiger partial charge in [0.25, 0.3) is 15.9 Å². The van der Waals surface area contributed by atoms with Crippen LogP contribution in [0.1, 0.15) is 27.8 Å². The first-order valence-electron chi connectivity index (χ1n) is 12.6. The van der Waals surface area contributed by atoms with Gasteiger partial charge < -0.3 is 4.74 Å². The molecule has 0 aliphatic heterocycles. The molecular formula is C31H30ClN3O4S. The number of rotatable bonds is 10. The molecule has 1 N–H and O–H groups in total. The molecule has 0 radical (unpaired) electrons. The highest BCUT2D eigenvalue weighted by molar-refractivity contribution is 7.92. The van der Waals surface area contributed by atoms with Crippen LogP contribution in [0.2, 0.25) is 5.02 Å². The van der Waals surface area contributed by atoms with Gasteiger partial charge in [0.05, 0.1) is 16.8 Å². The third kappa shape index (κ3) is 7.28. The molecule has 0 aliphatic carbocycles. The predicted molar refractivity (Wildman–Crippen MR) is 160 cm³/mol. The second kappa shape index (κ2) is 12.8. The first-order valence-corrected chi connectivity index (χ1v) is 14.4. The largest absolute Gasteiger partial charge is 0.489 e. The fraction of sp³-hybridized carbons (Fsp3) is 0.161. The maximum atomic E-state index is 13.6. The molecule has 40 heavy (non-hydrogen) atoms. The number of sulfonamides is 1. The fourth-order valence-corrected chi connectivity index (χ4v) is 5.62. The van der Waals surface area contributed by atoms with Crippen molar-refractivity contribution in [3.8, 4) is 5.75 Å². The number of carbonyl (C=O) groups is 1. The maximum absolute atomic E-state index is 13.6. The molecule has 4 aromatic carbocycles. The van der Waals surface area contributed by atoms with Crippen molar-refractivity contribution in [2.45, 2.75) is 32.3 Å². The Morgan fingerprint density at radius 2 is 1.65 bits per heavy atom. The molecule has 0 aliphatic rings. The Morgan fingerprint density at radius 1 is 0.950 bits per heavy atom. The molecule has 0 saturated carbocycles. The van der Waals surface area contributed by atoms with E-state index in [1.54, 1.807) is 60.7 Å². The van der Waals surface area contributed by atoms with Crippen LogP contribution in [0.3, 0.4) is 0 Å². The van der Waals surface area contributed by atoms with Crippen molar-refractivity contribution in [2.75, 3.05) is 10.8 Å². The summed E-state index contributed by atoms with van der Waals surface area (Å²) in [5.41, 5.74) is 7.19. The molecule has 0 heterocycles. The normalized spacial score (nSPS) is 11.4. The van der Waals surface area contributed by atoms with E-state index >= 15 is 0 Å². The number of halogens is 1. The lowest BCUT2D eigenvalue weighted by molar-refractivity contribution is -0.119. The van der Waals surface area contributed by atoms with E-state index in [1.165, 1.54) is 6.21 Å². The van der Waals surface area contributed by atoms with Crippen LogP contribution >= 0.6 is 11.6 Å². The van der Waals surface area contributed by atoms with E-state index in [0.29, 0.717) is 23.1 Å². The Bertz CT molecular complexity index is 1620. The van der Waals surface area contributed by atoms with Gasteiger partial charge >= 0.3 is 0 Å². The number of carbonyl (C=O) groups excluding carboxylic acids is 1. The topological polar surface area (TPSA) is 88.1 Å². The number of amides is 1. The van der Waals surface area contributed by atoms with Crippen molar-refractivity contribution in [2.24, 2.45) is 5.10 Å². The van der Waals surface area contributed by atoms with Crippen molar-refractivity contribution in [1.29, 1.82) is 0 Å². The van der Waals surface area contributed by atoms with Gasteiger partial charge in [-0.3, -0.25) is 9.10 Å². The summed E-state index contributed by atoms with van der Waals surface area (Å²) in [7, 11) is -4.02. The van der Waals surface area contributed by atoms with Crippen LogP contribution in [0.25, 0.3) is 0 Å². The number of hydrogen-bond donors (Lipinski definition) is 1. The summed E-state index contributed by atoms with van der Waals surface area (Å²) in [4.78, 5) is 13.0. The highest BCUT2D eigenvalue weighted by Crippen LogP contribution is 2.28. The number of nitrogens with one attached hydrogen (secondary N) is 1. The molecule has 0 saturated heterocycles. The Hall–Kier alpha value is -4.14. The molecule has 0 fully saturated rings. The maximum Gasteiger partial charge on any atom is 0.264 e. The van der Waals surface area contributed by atoms with Gasteiger partial charge in [0.15, 0.2) is 0 Å². The van der Waals surface area contributed by atoms with Crippen LogP contribution in [0.5, 0.6) is 5.75 Å². The summed E-state index contributed by atoms with van der Waals surface area (Å²) in [6.07, 6.45) is 1.48. The van der Waals surface area contributed by atoms with Gasteiger partial charge in [-0.05, 0) is 97.6 Å². The molecule has 0 atom stereocenters. The zero-order valence-corrected chi connectivity index (χ0v) is 24.0. The van der Waals surface area contributed by atoms with Gasteiger partial charge in [-0.25, -0.2) is 13.8 Å². The van der Waals surface area contributed by atoms with Crippen LogP contribution in [-0.4, -0.2) is 27.1 Å². The van der Waals surface area contributed by atoms with E-state index in [2.05, 4.69) is 10.5 Å². The SMILES string of the molecule is Cc1ccc(S(=O)(=O)N(CC(=O)N/N=C\c2ccc(OCc3cccc(Cl)c3)cc2)c2cccc(C)c2C)cc1. The lowest BCUT2D eigenvalue weighted by Crippen LogP contribution is -2.40. The standard InChI is InChI=1S/C31H30ClN3O4S/c1-22-10-16-29(17-11-22)40(37,38)35(30-9-4-6-23(2)24(30)3)20-31(36)34-33-19-25-12-14-28(15-13-25)39-21-26-7-5-8-27(32)18-26/h4-19H,20-21H2,1-3H3,(H,34,36)/b33-19-. The van der Waals surface area contributed by atoms with Gasteiger partial charge in [0.1, 0.15) is 18.9 Å². The van der Waals surface area contributed by atoms with Crippen LogP contribution in [0.4, 0.5) is 5.69 Å². The molecular weight excluding hydrogens is 546 g/mol. The summed E-state index contributed by atoms with van der Waals surface area (Å²) in [5.74, 6) is 0.0981.